The Hall–Kier alpha value is -4.13. The van der Waals surface area contributed by atoms with Crippen LogP contribution in [-0.2, 0) is 6.42 Å². The Morgan fingerprint density at radius 2 is 1.84 bits per heavy atom. The van der Waals surface area contributed by atoms with Crippen LogP contribution in [0.2, 0.25) is 10.0 Å². The van der Waals surface area contributed by atoms with Crippen molar-refractivity contribution < 1.29 is 19.1 Å². The first kappa shape index (κ1) is 24.6. The number of carbonyl (C=O) groups excluding carboxylic acids is 1. The molecule has 0 amide bonds. The van der Waals surface area contributed by atoms with Crippen LogP contribution in [0.25, 0.3) is 22.6 Å². The summed E-state index contributed by atoms with van der Waals surface area (Å²) in [5, 5.41) is 11.1. The zero-order valence-corrected chi connectivity index (χ0v) is 21.1. The lowest BCUT2D eigenvalue weighted by Gasteiger charge is -2.06. The Morgan fingerprint density at radius 3 is 2.59 bits per heavy atom. The first-order valence-corrected chi connectivity index (χ1v) is 12.2. The fourth-order valence-corrected chi connectivity index (χ4v) is 4.16. The fraction of sp³-hybridized carbons (Fsp3) is 0.0690. The zero-order valence-electron chi connectivity index (χ0n) is 19.6. The molecule has 0 saturated carbocycles. The van der Waals surface area contributed by atoms with Gasteiger partial charge in [0, 0.05) is 11.2 Å². The van der Waals surface area contributed by atoms with Crippen LogP contribution in [-0.4, -0.2) is 22.3 Å². The van der Waals surface area contributed by atoms with Crippen molar-refractivity contribution in [1.29, 1.82) is 0 Å². The molecule has 4 aromatic carbocycles. The molecule has 1 N–H and O–H groups in total. The standard InChI is InChI=1S/C29H20Cl2N2O4/c1-2-17-5-12-27-25(13-17)33-28(37-27)23-15-20(7-11-26(23)34)32-16-18-3-8-21(9-4-18)36-29(35)22-10-6-19(30)14-24(22)31/h3-16,34H,2H2,1H3. The molecule has 37 heavy (non-hydrogen) atoms. The summed E-state index contributed by atoms with van der Waals surface area (Å²) in [7, 11) is 0. The van der Waals surface area contributed by atoms with E-state index >= 15 is 0 Å². The SMILES string of the molecule is CCc1ccc2oc(-c3cc(N=Cc4ccc(OC(=O)c5ccc(Cl)cc5Cl)cc4)ccc3O)nc2c1. The average Bonchev–Trinajstić information content (AvgIpc) is 3.32. The van der Waals surface area contributed by atoms with E-state index in [2.05, 4.69) is 16.9 Å². The number of hydrogen-bond donors (Lipinski definition) is 1. The van der Waals surface area contributed by atoms with E-state index < -0.39 is 5.97 Å². The zero-order chi connectivity index (χ0) is 25.9. The van der Waals surface area contributed by atoms with E-state index in [4.69, 9.17) is 32.4 Å². The molecule has 5 aromatic rings. The van der Waals surface area contributed by atoms with Gasteiger partial charge in [0.2, 0.25) is 5.89 Å². The van der Waals surface area contributed by atoms with Crippen molar-refractivity contribution in [2.75, 3.05) is 0 Å². The number of ether oxygens (including phenoxy) is 1. The number of rotatable bonds is 6. The summed E-state index contributed by atoms with van der Waals surface area (Å²) in [6, 6.07) is 22.3. The average molecular weight is 531 g/mol. The summed E-state index contributed by atoms with van der Waals surface area (Å²) >= 11 is 12.0. The van der Waals surface area contributed by atoms with Gasteiger partial charge < -0.3 is 14.3 Å². The molecule has 1 aromatic heterocycles. The minimum Gasteiger partial charge on any atom is -0.507 e. The lowest BCUT2D eigenvalue weighted by Crippen LogP contribution is -2.09. The molecule has 0 aliphatic rings. The molecule has 1 heterocycles. The van der Waals surface area contributed by atoms with Gasteiger partial charge in [-0.2, -0.15) is 0 Å². The van der Waals surface area contributed by atoms with E-state index in [-0.39, 0.29) is 16.3 Å². The van der Waals surface area contributed by atoms with Crippen molar-refractivity contribution in [3.8, 4) is 23.0 Å². The predicted molar refractivity (Wildman–Crippen MR) is 146 cm³/mol. The van der Waals surface area contributed by atoms with Gasteiger partial charge in [0.1, 0.15) is 17.0 Å². The number of aliphatic imine (C=N–C) groups is 1. The van der Waals surface area contributed by atoms with Gasteiger partial charge in [0.15, 0.2) is 5.58 Å². The van der Waals surface area contributed by atoms with Crippen molar-refractivity contribution in [3.05, 3.63) is 106 Å². The monoisotopic (exact) mass is 530 g/mol. The van der Waals surface area contributed by atoms with E-state index in [1.807, 2.05) is 18.2 Å². The normalized spacial score (nSPS) is 11.3. The molecule has 5 rings (SSSR count). The van der Waals surface area contributed by atoms with E-state index in [1.165, 1.54) is 12.1 Å². The van der Waals surface area contributed by atoms with Gasteiger partial charge in [-0.1, -0.05) is 36.2 Å². The second-order valence-electron chi connectivity index (χ2n) is 8.22. The molecule has 0 saturated heterocycles. The fourth-order valence-electron chi connectivity index (χ4n) is 3.67. The van der Waals surface area contributed by atoms with Gasteiger partial charge in [0.25, 0.3) is 0 Å². The highest BCUT2D eigenvalue weighted by Gasteiger charge is 2.14. The maximum absolute atomic E-state index is 12.4. The van der Waals surface area contributed by atoms with Crippen LogP contribution in [0.15, 0.2) is 88.3 Å². The lowest BCUT2D eigenvalue weighted by atomic mass is 10.1. The minimum atomic E-state index is -0.579. The van der Waals surface area contributed by atoms with Crippen molar-refractivity contribution in [1.82, 2.24) is 4.98 Å². The second-order valence-corrected chi connectivity index (χ2v) is 9.06. The van der Waals surface area contributed by atoms with Crippen LogP contribution in [0, 0.1) is 0 Å². The number of aromatic nitrogens is 1. The van der Waals surface area contributed by atoms with E-state index in [0.29, 0.717) is 33.5 Å². The molecule has 184 valence electrons. The number of phenolic OH excluding ortho intramolecular Hbond substituents is 1. The number of esters is 1. The highest BCUT2D eigenvalue weighted by atomic mass is 35.5. The van der Waals surface area contributed by atoms with Crippen molar-refractivity contribution >= 4 is 52.2 Å². The molecule has 0 unspecified atom stereocenters. The lowest BCUT2D eigenvalue weighted by molar-refractivity contribution is 0.0735. The van der Waals surface area contributed by atoms with E-state index in [9.17, 15) is 9.90 Å². The van der Waals surface area contributed by atoms with Gasteiger partial charge in [-0.3, -0.25) is 4.99 Å². The number of carbonyl (C=O) groups is 1. The molecule has 0 atom stereocenters. The Labute approximate surface area is 222 Å². The van der Waals surface area contributed by atoms with Crippen LogP contribution in [0.4, 0.5) is 5.69 Å². The number of fused-ring (bicyclic) bond motifs is 1. The molecule has 8 heteroatoms. The molecule has 0 radical (unpaired) electrons. The summed E-state index contributed by atoms with van der Waals surface area (Å²) in [4.78, 5) is 21.4. The third kappa shape index (κ3) is 5.50. The molecule has 6 nitrogen and oxygen atoms in total. The number of benzene rings is 4. The van der Waals surface area contributed by atoms with E-state index in [0.717, 1.165) is 23.1 Å². The topological polar surface area (TPSA) is 84.9 Å². The highest BCUT2D eigenvalue weighted by molar-refractivity contribution is 6.36. The summed E-state index contributed by atoms with van der Waals surface area (Å²) in [5.41, 5.74) is 4.62. The Balaban J connectivity index is 1.31. The van der Waals surface area contributed by atoms with Gasteiger partial charge in [-0.25, -0.2) is 9.78 Å². The van der Waals surface area contributed by atoms with Crippen molar-refractivity contribution in [2.24, 2.45) is 4.99 Å². The van der Waals surface area contributed by atoms with Crippen LogP contribution in [0.5, 0.6) is 11.5 Å². The van der Waals surface area contributed by atoms with Gasteiger partial charge in [-0.15, -0.1) is 0 Å². The minimum absolute atomic E-state index is 0.0492. The summed E-state index contributed by atoms with van der Waals surface area (Å²) in [5.74, 6) is 0.157. The second kappa shape index (κ2) is 10.5. The molecular weight excluding hydrogens is 511 g/mol. The summed E-state index contributed by atoms with van der Waals surface area (Å²) in [6.07, 6.45) is 2.56. The third-order valence-corrected chi connectivity index (χ3v) is 6.22. The summed E-state index contributed by atoms with van der Waals surface area (Å²) in [6.45, 7) is 2.08. The van der Waals surface area contributed by atoms with E-state index in [1.54, 1.807) is 54.7 Å². The number of aryl methyl sites for hydroxylation is 1. The molecule has 0 aliphatic carbocycles. The molecular formula is C29H20Cl2N2O4. The number of nitrogens with zero attached hydrogens (tertiary/aromatic N) is 2. The number of hydrogen-bond acceptors (Lipinski definition) is 6. The Bertz CT molecular complexity index is 1640. The quantitative estimate of drug-likeness (QED) is 0.136. The maximum atomic E-state index is 12.4. The number of phenols is 1. The third-order valence-electron chi connectivity index (χ3n) is 5.68. The smallest absolute Gasteiger partial charge is 0.345 e. The van der Waals surface area contributed by atoms with Crippen LogP contribution >= 0.6 is 23.2 Å². The van der Waals surface area contributed by atoms with Crippen LogP contribution in [0.1, 0.15) is 28.4 Å². The number of aromatic hydroxyl groups is 1. The highest BCUT2D eigenvalue weighted by Crippen LogP contribution is 2.34. The molecule has 0 bridgehead atoms. The van der Waals surface area contributed by atoms with Gasteiger partial charge in [-0.05, 0) is 90.3 Å². The van der Waals surface area contributed by atoms with Gasteiger partial charge in [0.05, 0.1) is 21.8 Å². The first-order valence-electron chi connectivity index (χ1n) is 11.4. The molecule has 0 aliphatic heterocycles. The van der Waals surface area contributed by atoms with Crippen LogP contribution < -0.4 is 4.74 Å². The Kier molecular flexibility index (Phi) is 6.95. The Morgan fingerprint density at radius 1 is 1.03 bits per heavy atom. The van der Waals surface area contributed by atoms with Crippen molar-refractivity contribution in [3.63, 3.8) is 0 Å². The first-order chi connectivity index (χ1) is 17.9. The maximum Gasteiger partial charge on any atom is 0.345 e. The molecule has 0 spiro atoms. The largest absolute Gasteiger partial charge is 0.507 e. The number of halogens is 2. The van der Waals surface area contributed by atoms with Gasteiger partial charge >= 0.3 is 5.97 Å². The van der Waals surface area contributed by atoms with Crippen LogP contribution in [0.3, 0.4) is 0 Å². The summed E-state index contributed by atoms with van der Waals surface area (Å²) < 4.78 is 11.3. The predicted octanol–water partition coefficient (Wildman–Crippen LogP) is 8.04. The molecule has 0 fully saturated rings. The van der Waals surface area contributed by atoms with Crippen molar-refractivity contribution in [2.45, 2.75) is 13.3 Å². The number of oxazole rings is 1.